The zero-order valence-corrected chi connectivity index (χ0v) is 13.5. The van der Waals surface area contributed by atoms with Gasteiger partial charge in [0.2, 0.25) is 0 Å². The van der Waals surface area contributed by atoms with Crippen LogP contribution in [0.1, 0.15) is 16.5 Å². The van der Waals surface area contributed by atoms with Crippen molar-refractivity contribution in [3.63, 3.8) is 0 Å². The fraction of sp³-hybridized carbons (Fsp3) is 0.250. The monoisotopic (exact) mass is 366 g/mol. The minimum absolute atomic E-state index is 0.122. The minimum Gasteiger partial charge on any atom is -0.327 e. The number of hydrogen-bond donors (Lipinski definition) is 1. The molecule has 0 radical (unpaired) electrons. The van der Waals surface area contributed by atoms with Crippen molar-refractivity contribution in [2.45, 2.75) is 10.5 Å². The Hall–Kier alpha value is -1.01. The molecule has 0 aliphatic carbocycles. The van der Waals surface area contributed by atoms with Gasteiger partial charge in [-0.3, -0.25) is 4.79 Å². The summed E-state index contributed by atoms with van der Waals surface area (Å²) in [5.41, 5.74) is 0.294. The minimum atomic E-state index is -1.47. The molecule has 1 N–H and O–H groups in total. The molecule has 0 fully saturated rings. The molecular formula is C12H10Cl4N4O. The van der Waals surface area contributed by atoms with E-state index in [2.05, 4.69) is 15.4 Å². The molecule has 2 rings (SSSR count). The number of hydrogen-bond acceptors (Lipinski definition) is 3. The Labute approximate surface area is 141 Å². The maximum Gasteiger partial charge on any atom is 0.254 e. The van der Waals surface area contributed by atoms with Crippen LogP contribution in [0.5, 0.6) is 0 Å². The molecule has 0 bridgehead atoms. The lowest BCUT2D eigenvalue weighted by molar-refractivity contribution is 0.0911. The van der Waals surface area contributed by atoms with E-state index in [1.807, 2.05) is 0 Å². The van der Waals surface area contributed by atoms with Crippen LogP contribution >= 0.6 is 46.4 Å². The first-order valence-electron chi connectivity index (χ1n) is 5.79. The van der Waals surface area contributed by atoms with Gasteiger partial charge in [-0.2, -0.15) is 5.10 Å². The summed E-state index contributed by atoms with van der Waals surface area (Å²) in [6.45, 7) is 0. The highest BCUT2D eigenvalue weighted by atomic mass is 35.5. The molecule has 0 spiro atoms. The molecule has 1 aromatic carbocycles. The van der Waals surface area contributed by atoms with Gasteiger partial charge >= 0.3 is 0 Å². The third kappa shape index (κ3) is 3.80. The molecule has 0 saturated heterocycles. The number of halogens is 4. The van der Waals surface area contributed by atoms with Gasteiger partial charge < -0.3 is 5.32 Å². The number of amides is 1. The lowest BCUT2D eigenvalue weighted by Crippen LogP contribution is -2.44. The zero-order valence-electron chi connectivity index (χ0n) is 10.5. The summed E-state index contributed by atoms with van der Waals surface area (Å²) in [5, 5.41) is 6.90. The van der Waals surface area contributed by atoms with Gasteiger partial charge in [-0.15, -0.1) is 11.6 Å². The third-order valence-electron chi connectivity index (χ3n) is 2.67. The molecule has 1 unspecified atom stereocenters. The predicted molar refractivity (Wildman–Crippen MR) is 83.1 cm³/mol. The lowest BCUT2D eigenvalue weighted by atomic mass is 10.2. The van der Waals surface area contributed by atoms with E-state index in [4.69, 9.17) is 46.4 Å². The summed E-state index contributed by atoms with van der Waals surface area (Å²) in [5.74, 6) is -0.569. The van der Waals surface area contributed by atoms with Gasteiger partial charge in [-0.05, 0) is 12.1 Å². The molecule has 1 atom stereocenters. The topological polar surface area (TPSA) is 59.8 Å². The highest BCUT2D eigenvalue weighted by Crippen LogP contribution is 2.33. The van der Waals surface area contributed by atoms with Crippen molar-refractivity contribution < 1.29 is 4.79 Å². The maximum atomic E-state index is 12.3. The molecule has 1 aromatic heterocycles. The van der Waals surface area contributed by atoms with E-state index in [1.165, 1.54) is 17.3 Å². The highest BCUT2D eigenvalue weighted by molar-refractivity contribution is 6.51. The maximum absolute atomic E-state index is 12.3. The van der Waals surface area contributed by atoms with E-state index in [0.717, 1.165) is 0 Å². The molecule has 5 nitrogen and oxygen atoms in total. The summed E-state index contributed by atoms with van der Waals surface area (Å²) < 4.78 is -0.150. The van der Waals surface area contributed by atoms with Gasteiger partial charge in [-0.1, -0.05) is 46.9 Å². The van der Waals surface area contributed by atoms with Crippen molar-refractivity contribution in [1.82, 2.24) is 20.1 Å². The van der Waals surface area contributed by atoms with Crippen LogP contribution in [-0.4, -0.2) is 30.9 Å². The van der Waals surface area contributed by atoms with E-state index in [1.54, 1.807) is 24.3 Å². The summed E-state index contributed by atoms with van der Waals surface area (Å²) in [4.78, 5) is 16.1. The fourth-order valence-electron chi connectivity index (χ4n) is 1.64. The first-order chi connectivity index (χ1) is 9.95. The van der Waals surface area contributed by atoms with Gasteiger partial charge in [0.05, 0.1) is 16.5 Å². The second-order valence-corrected chi connectivity index (χ2v) is 6.34. The summed E-state index contributed by atoms with van der Waals surface area (Å²) in [6, 6.07) is 6.61. The van der Waals surface area contributed by atoms with Gasteiger partial charge in [-0.25, -0.2) is 9.67 Å². The standard InChI is InChI=1S/C12H10Cl4N4O/c13-5-12(15,16)11(20-7-17-6-18-20)19-10(21)8-3-1-2-4-9(8)14/h1-4,6-7,11H,5H2,(H,19,21). The van der Waals surface area contributed by atoms with Crippen molar-refractivity contribution in [3.05, 3.63) is 47.5 Å². The largest absolute Gasteiger partial charge is 0.327 e. The Balaban J connectivity index is 2.28. The molecule has 2 aromatic rings. The van der Waals surface area contributed by atoms with Crippen LogP contribution in [-0.2, 0) is 0 Å². The van der Waals surface area contributed by atoms with Crippen molar-refractivity contribution in [2.24, 2.45) is 0 Å². The smallest absolute Gasteiger partial charge is 0.254 e. The van der Waals surface area contributed by atoms with Crippen LogP contribution in [0.4, 0.5) is 0 Å². The predicted octanol–water partition coefficient (Wildman–Crippen LogP) is 3.27. The second-order valence-electron chi connectivity index (χ2n) is 4.13. The van der Waals surface area contributed by atoms with E-state index in [0.29, 0.717) is 10.6 Å². The number of nitrogens with one attached hydrogen (secondary N) is 1. The van der Waals surface area contributed by atoms with Gasteiger partial charge in [0.1, 0.15) is 12.7 Å². The Bertz CT molecular complexity index is 617. The Kier molecular flexibility index (Phi) is 5.32. The average molecular weight is 368 g/mol. The molecule has 0 aliphatic heterocycles. The molecule has 0 saturated carbocycles. The van der Waals surface area contributed by atoms with Crippen molar-refractivity contribution >= 4 is 52.3 Å². The summed E-state index contributed by atoms with van der Waals surface area (Å²) >= 11 is 24.0. The van der Waals surface area contributed by atoms with Crippen LogP contribution in [0.3, 0.4) is 0 Å². The summed E-state index contributed by atoms with van der Waals surface area (Å²) in [7, 11) is 0. The molecule has 112 valence electrons. The van der Waals surface area contributed by atoms with Crippen LogP contribution in [0.25, 0.3) is 0 Å². The number of rotatable bonds is 5. The van der Waals surface area contributed by atoms with E-state index >= 15 is 0 Å². The van der Waals surface area contributed by atoms with Gasteiger partial charge in [0.25, 0.3) is 5.91 Å². The number of alkyl halides is 3. The molecule has 9 heteroatoms. The van der Waals surface area contributed by atoms with Gasteiger partial charge in [0, 0.05) is 0 Å². The summed E-state index contributed by atoms with van der Waals surface area (Å²) in [6.07, 6.45) is 1.78. The van der Waals surface area contributed by atoms with Crippen LogP contribution in [0, 0.1) is 0 Å². The second kappa shape index (κ2) is 6.83. The lowest BCUT2D eigenvalue weighted by Gasteiger charge is -2.28. The zero-order chi connectivity index (χ0) is 15.5. The van der Waals surface area contributed by atoms with Crippen LogP contribution in [0.2, 0.25) is 5.02 Å². The SMILES string of the molecule is O=C(NC(n1cncn1)C(Cl)(Cl)CCl)c1ccccc1Cl. The normalized spacial score (nSPS) is 13.0. The molecule has 0 aliphatic rings. The first-order valence-corrected chi connectivity index (χ1v) is 7.46. The third-order valence-corrected chi connectivity index (χ3v) is 4.37. The molecule has 1 heterocycles. The van der Waals surface area contributed by atoms with Crippen LogP contribution in [0.15, 0.2) is 36.9 Å². The van der Waals surface area contributed by atoms with Gasteiger partial charge in [0.15, 0.2) is 10.5 Å². The quantitative estimate of drug-likeness (QED) is 0.825. The number of carbonyl (C=O) groups is 1. The number of carbonyl (C=O) groups excluding carboxylic acids is 1. The first kappa shape index (κ1) is 16.4. The number of aromatic nitrogens is 3. The van der Waals surface area contributed by atoms with Crippen LogP contribution < -0.4 is 5.32 Å². The van der Waals surface area contributed by atoms with E-state index in [9.17, 15) is 4.79 Å². The molecule has 1 amide bonds. The van der Waals surface area contributed by atoms with Crippen molar-refractivity contribution in [3.8, 4) is 0 Å². The van der Waals surface area contributed by atoms with E-state index in [-0.39, 0.29) is 5.88 Å². The van der Waals surface area contributed by atoms with E-state index < -0.39 is 16.4 Å². The Morgan fingerprint density at radius 2 is 2.10 bits per heavy atom. The van der Waals surface area contributed by atoms with Crippen molar-refractivity contribution in [2.75, 3.05) is 5.88 Å². The number of benzene rings is 1. The Morgan fingerprint density at radius 3 is 2.67 bits per heavy atom. The molecular weight excluding hydrogens is 358 g/mol. The fourth-order valence-corrected chi connectivity index (χ4v) is 2.31. The average Bonchev–Trinajstić information content (AvgIpc) is 2.98. The molecule has 21 heavy (non-hydrogen) atoms. The van der Waals surface area contributed by atoms with Crippen molar-refractivity contribution in [1.29, 1.82) is 0 Å². The number of nitrogens with zero attached hydrogens (tertiary/aromatic N) is 3. The highest BCUT2D eigenvalue weighted by Gasteiger charge is 2.38. The Morgan fingerprint density at radius 1 is 1.38 bits per heavy atom.